The van der Waals surface area contributed by atoms with Crippen molar-refractivity contribution >= 4 is 27.3 Å². The quantitative estimate of drug-likeness (QED) is 0.673. The third-order valence-corrected chi connectivity index (χ3v) is 3.40. The molecule has 0 fully saturated rings. The van der Waals surface area contributed by atoms with Gasteiger partial charge >= 0.3 is 0 Å². The van der Waals surface area contributed by atoms with Gasteiger partial charge in [0.15, 0.2) is 0 Å². The number of anilines is 1. The zero-order chi connectivity index (χ0) is 13.7. The van der Waals surface area contributed by atoms with Crippen molar-refractivity contribution in [3.63, 3.8) is 0 Å². The zero-order valence-electron chi connectivity index (χ0n) is 10.9. The molecule has 0 saturated carbocycles. The normalized spacial score (nSPS) is 11.2. The monoisotopic (exact) mass is 318 g/mol. The van der Waals surface area contributed by atoms with Gasteiger partial charge in [0, 0.05) is 10.0 Å². The van der Waals surface area contributed by atoms with Crippen LogP contribution in [0.2, 0.25) is 0 Å². The first-order valence-electron chi connectivity index (χ1n) is 5.90. The van der Waals surface area contributed by atoms with Crippen LogP contribution in [0.1, 0.15) is 12.5 Å². The van der Waals surface area contributed by atoms with Gasteiger partial charge in [0.2, 0.25) is 0 Å². The molecule has 98 valence electrons. The highest BCUT2D eigenvalue weighted by molar-refractivity contribution is 9.10. The van der Waals surface area contributed by atoms with Crippen LogP contribution < -0.4 is 10.2 Å². The van der Waals surface area contributed by atoms with E-state index in [0.717, 1.165) is 27.2 Å². The van der Waals surface area contributed by atoms with Gasteiger partial charge in [-0.15, -0.1) is 0 Å². The SMILES string of the molecule is COc1ccc(N/N=C(\C)c2ccccc2Br)cc1. The summed E-state index contributed by atoms with van der Waals surface area (Å²) in [6, 6.07) is 15.6. The molecule has 2 aromatic carbocycles. The Labute approximate surface area is 121 Å². The van der Waals surface area contributed by atoms with Gasteiger partial charge in [-0.1, -0.05) is 34.1 Å². The predicted molar refractivity (Wildman–Crippen MR) is 83.0 cm³/mol. The Kier molecular flexibility index (Phi) is 4.58. The summed E-state index contributed by atoms with van der Waals surface area (Å²) in [5.74, 6) is 0.831. The van der Waals surface area contributed by atoms with E-state index in [4.69, 9.17) is 4.74 Å². The molecule has 0 saturated heterocycles. The summed E-state index contributed by atoms with van der Waals surface area (Å²) in [5.41, 5.74) is 5.95. The first-order valence-corrected chi connectivity index (χ1v) is 6.69. The van der Waals surface area contributed by atoms with Gasteiger partial charge in [-0.3, -0.25) is 5.43 Å². The van der Waals surface area contributed by atoms with E-state index in [2.05, 4.69) is 26.5 Å². The number of halogens is 1. The van der Waals surface area contributed by atoms with E-state index in [1.165, 1.54) is 0 Å². The van der Waals surface area contributed by atoms with Crippen LogP contribution in [-0.2, 0) is 0 Å². The molecule has 0 amide bonds. The maximum atomic E-state index is 5.11. The third kappa shape index (κ3) is 3.58. The Morgan fingerprint density at radius 2 is 1.79 bits per heavy atom. The molecule has 2 rings (SSSR count). The molecular weight excluding hydrogens is 304 g/mol. The van der Waals surface area contributed by atoms with Crippen LogP contribution in [-0.4, -0.2) is 12.8 Å². The molecule has 0 aliphatic rings. The number of methoxy groups -OCH3 is 1. The minimum Gasteiger partial charge on any atom is -0.497 e. The van der Waals surface area contributed by atoms with Gasteiger partial charge in [0.25, 0.3) is 0 Å². The fourth-order valence-corrected chi connectivity index (χ4v) is 2.20. The second kappa shape index (κ2) is 6.38. The molecule has 0 heterocycles. The summed E-state index contributed by atoms with van der Waals surface area (Å²) in [4.78, 5) is 0. The largest absolute Gasteiger partial charge is 0.497 e. The molecule has 0 unspecified atom stereocenters. The highest BCUT2D eigenvalue weighted by Gasteiger charge is 2.01. The Balaban J connectivity index is 2.11. The lowest BCUT2D eigenvalue weighted by atomic mass is 10.1. The molecule has 0 spiro atoms. The lowest BCUT2D eigenvalue weighted by Gasteiger charge is -2.06. The van der Waals surface area contributed by atoms with Crippen LogP contribution in [0, 0.1) is 0 Å². The summed E-state index contributed by atoms with van der Waals surface area (Å²) >= 11 is 3.52. The van der Waals surface area contributed by atoms with Gasteiger partial charge in [-0.25, -0.2) is 0 Å². The van der Waals surface area contributed by atoms with Crippen molar-refractivity contribution in [2.24, 2.45) is 5.10 Å². The van der Waals surface area contributed by atoms with Gasteiger partial charge < -0.3 is 4.74 Å². The van der Waals surface area contributed by atoms with Crippen molar-refractivity contribution in [2.75, 3.05) is 12.5 Å². The van der Waals surface area contributed by atoms with E-state index in [0.29, 0.717) is 0 Å². The summed E-state index contributed by atoms with van der Waals surface area (Å²) in [6.45, 7) is 1.97. The second-order valence-electron chi connectivity index (χ2n) is 4.02. The molecule has 0 atom stereocenters. The highest BCUT2D eigenvalue weighted by atomic mass is 79.9. The Bertz CT molecular complexity index is 579. The molecule has 0 aromatic heterocycles. The molecule has 0 aliphatic heterocycles. The van der Waals surface area contributed by atoms with E-state index >= 15 is 0 Å². The van der Waals surface area contributed by atoms with Crippen LogP contribution in [0.3, 0.4) is 0 Å². The average molecular weight is 319 g/mol. The molecule has 2 aromatic rings. The van der Waals surface area contributed by atoms with Crippen molar-refractivity contribution in [1.29, 1.82) is 0 Å². The fourth-order valence-electron chi connectivity index (χ4n) is 1.63. The van der Waals surface area contributed by atoms with Crippen molar-refractivity contribution in [2.45, 2.75) is 6.92 Å². The lowest BCUT2D eigenvalue weighted by molar-refractivity contribution is 0.415. The van der Waals surface area contributed by atoms with Crippen LogP contribution in [0.5, 0.6) is 5.75 Å². The lowest BCUT2D eigenvalue weighted by Crippen LogP contribution is -2.00. The first-order chi connectivity index (χ1) is 9.20. The summed E-state index contributed by atoms with van der Waals surface area (Å²) < 4.78 is 6.15. The minimum atomic E-state index is 0.831. The van der Waals surface area contributed by atoms with Crippen molar-refractivity contribution in [3.8, 4) is 5.75 Å². The van der Waals surface area contributed by atoms with E-state index in [1.54, 1.807) is 7.11 Å². The molecule has 0 bridgehead atoms. The number of ether oxygens (including phenoxy) is 1. The molecule has 19 heavy (non-hydrogen) atoms. The number of hydrazone groups is 1. The van der Waals surface area contributed by atoms with Crippen molar-refractivity contribution in [1.82, 2.24) is 0 Å². The predicted octanol–water partition coefficient (Wildman–Crippen LogP) is 4.29. The van der Waals surface area contributed by atoms with Gasteiger partial charge in [0.1, 0.15) is 5.75 Å². The summed E-state index contributed by atoms with van der Waals surface area (Å²) in [5, 5.41) is 4.38. The Hall–Kier alpha value is -1.81. The highest BCUT2D eigenvalue weighted by Crippen LogP contribution is 2.18. The number of rotatable bonds is 4. The standard InChI is InChI=1S/C15H15BrN2O/c1-11(14-5-3-4-6-15(14)16)17-18-12-7-9-13(19-2)10-8-12/h3-10,18H,1-2H3/b17-11+. The number of nitrogens with zero attached hydrogens (tertiary/aromatic N) is 1. The fraction of sp³-hybridized carbons (Fsp3) is 0.133. The number of nitrogens with one attached hydrogen (secondary N) is 1. The second-order valence-corrected chi connectivity index (χ2v) is 4.87. The van der Waals surface area contributed by atoms with E-state index < -0.39 is 0 Å². The topological polar surface area (TPSA) is 33.6 Å². The van der Waals surface area contributed by atoms with Gasteiger partial charge in [-0.2, -0.15) is 5.10 Å². The van der Waals surface area contributed by atoms with E-state index in [9.17, 15) is 0 Å². The maximum Gasteiger partial charge on any atom is 0.119 e. The zero-order valence-corrected chi connectivity index (χ0v) is 12.4. The summed E-state index contributed by atoms with van der Waals surface area (Å²) in [7, 11) is 1.65. The van der Waals surface area contributed by atoms with E-state index in [1.807, 2.05) is 55.5 Å². The molecule has 0 aliphatic carbocycles. The van der Waals surface area contributed by atoms with Crippen LogP contribution in [0.4, 0.5) is 5.69 Å². The first kappa shape index (κ1) is 13.6. The number of benzene rings is 2. The average Bonchev–Trinajstić information content (AvgIpc) is 2.46. The van der Waals surface area contributed by atoms with Crippen molar-refractivity contribution in [3.05, 3.63) is 58.6 Å². The van der Waals surface area contributed by atoms with Crippen LogP contribution >= 0.6 is 15.9 Å². The Morgan fingerprint density at radius 3 is 2.42 bits per heavy atom. The number of hydrogen-bond acceptors (Lipinski definition) is 3. The summed E-state index contributed by atoms with van der Waals surface area (Å²) in [6.07, 6.45) is 0. The molecule has 4 heteroatoms. The molecule has 3 nitrogen and oxygen atoms in total. The minimum absolute atomic E-state index is 0.831. The molecular formula is C15H15BrN2O. The molecule has 1 N–H and O–H groups in total. The van der Waals surface area contributed by atoms with Crippen LogP contribution in [0.25, 0.3) is 0 Å². The van der Waals surface area contributed by atoms with Gasteiger partial charge in [0.05, 0.1) is 18.5 Å². The van der Waals surface area contributed by atoms with Crippen LogP contribution in [0.15, 0.2) is 58.1 Å². The molecule has 0 radical (unpaired) electrons. The van der Waals surface area contributed by atoms with E-state index in [-0.39, 0.29) is 0 Å². The van der Waals surface area contributed by atoms with Crippen molar-refractivity contribution < 1.29 is 4.74 Å². The Morgan fingerprint density at radius 1 is 1.11 bits per heavy atom. The van der Waals surface area contributed by atoms with Gasteiger partial charge in [-0.05, 0) is 37.3 Å². The number of hydrogen-bond donors (Lipinski definition) is 1. The smallest absolute Gasteiger partial charge is 0.119 e. The maximum absolute atomic E-state index is 5.11. The third-order valence-electron chi connectivity index (χ3n) is 2.71.